The number of ether oxygens (including phenoxy) is 2. The van der Waals surface area contributed by atoms with E-state index in [-0.39, 0.29) is 13.2 Å². The van der Waals surface area contributed by atoms with Gasteiger partial charge in [0.1, 0.15) is 13.2 Å². The van der Waals surface area contributed by atoms with Gasteiger partial charge in [0.2, 0.25) is 0 Å². The molecule has 0 saturated carbocycles. The lowest BCUT2D eigenvalue weighted by Crippen LogP contribution is -2.43. The molecule has 0 unspecified atom stereocenters. The van der Waals surface area contributed by atoms with Crippen molar-refractivity contribution >= 4 is 18.0 Å². The van der Waals surface area contributed by atoms with Gasteiger partial charge in [0.05, 0.1) is 12.2 Å². The third-order valence-corrected chi connectivity index (χ3v) is 2.69. The van der Waals surface area contributed by atoms with Crippen molar-refractivity contribution in [1.82, 2.24) is 5.32 Å². The van der Waals surface area contributed by atoms with Crippen molar-refractivity contribution in [3.8, 4) is 0 Å². The van der Waals surface area contributed by atoms with E-state index in [9.17, 15) is 14.4 Å². The summed E-state index contributed by atoms with van der Waals surface area (Å²) in [5.74, 6) is -1.92. The van der Waals surface area contributed by atoms with Crippen molar-refractivity contribution in [1.29, 1.82) is 0 Å². The number of rotatable bonds is 7. The Kier molecular flexibility index (Phi) is 6.84. The summed E-state index contributed by atoms with van der Waals surface area (Å²) >= 11 is 0. The second kappa shape index (κ2) is 8.63. The number of benzene rings is 1. The summed E-state index contributed by atoms with van der Waals surface area (Å²) in [5.41, 5.74) is 1.18. The highest BCUT2D eigenvalue weighted by Gasteiger charge is 2.19. The van der Waals surface area contributed by atoms with E-state index in [1.165, 1.54) is 0 Å². The molecule has 0 aromatic heterocycles. The van der Waals surface area contributed by atoms with Crippen LogP contribution >= 0.6 is 0 Å². The second-order valence-electron chi connectivity index (χ2n) is 4.30. The van der Waals surface area contributed by atoms with Gasteiger partial charge in [-0.3, -0.25) is 0 Å². The van der Waals surface area contributed by atoms with Crippen LogP contribution in [0.15, 0.2) is 24.3 Å². The molecule has 1 aromatic carbocycles. The minimum Gasteiger partial charge on any atom is -0.480 e. The van der Waals surface area contributed by atoms with E-state index in [1.54, 1.807) is 31.2 Å². The number of carboxylic acid groups (broad SMARTS) is 1. The van der Waals surface area contributed by atoms with Gasteiger partial charge in [-0.15, -0.1) is 0 Å². The molecule has 0 saturated heterocycles. The number of esters is 1. The summed E-state index contributed by atoms with van der Waals surface area (Å²) in [5, 5.41) is 19.3. The first-order valence-corrected chi connectivity index (χ1v) is 6.45. The number of aliphatic hydroxyl groups excluding tert-OH is 1. The summed E-state index contributed by atoms with van der Waals surface area (Å²) in [6.07, 6.45) is -1.02. The number of carbonyl (C=O) groups is 3. The number of aryl methyl sites for hydroxylation is 1. The van der Waals surface area contributed by atoms with Gasteiger partial charge in [0, 0.05) is 0 Å². The number of carboxylic acids is 1. The Balaban J connectivity index is 2.30. The van der Waals surface area contributed by atoms with Crippen LogP contribution in [0.4, 0.5) is 4.79 Å². The maximum absolute atomic E-state index is 11.7. The van der Waals surface area contributed by atoms with Gasteiger partial charge in [-0.1, -0.05) is 18.2 Å². The van der Waals surface area contributed by atoms with Gasteiger partial charge in [0.25, 0.3) is 0 Å². The van der Waals surface area contributed by atoms with Crippen LogP contribution in [-0.2, 0) is 14.3 Å². The van der Waals surface area contributed by atoms with Crippen LogP contribution in [0, 0.1) is 6.92 Å². The Morgan fingerprint density at radius 1 is 1.18 bits per heavy atom. The summed E-state index contributed by atoms with van der Waals surface area (Å²) < 4.78 is 9.57. The van der Waals surface area contributed by atoms with Gasteiger partial charge < -0.3 is 25.0 Å². The zero-order chi connectivity index (χ0) is 16.5. The molecule has 3 N–H and O–H groups in total. The quantitative estimate of drug-likeness (QED) is 0.489. The highest BCUT2D eigenvalue weighted by atomic mass is 16.6. The predicted octanol–water partition coefficient (Wildman–Crippen LogP) is 0.324. The number of carbonyl (C=O) groups excluding carboxylic acids is 2. The number of hydrogen-bond acceptors (Lipinski definition) is 6. The standard InChI is InChI=1S/C14H17NO7/c1-9-4-2-3-5-10(9)13(19)21-6-7-22-14(20)15-11(8-16)12(17)18/h2-5,11,16H,6-8H2,1H3,(H,15,20)(H,17,18)/t11-/m1/s1. The molecular formula is C14H17NO7. The highest BCUT2D eigenvalue weighted by Crippen LogP contribution is 2.08. The van der Waals surface area contributed by atoms with Crippen LogP contribution in [0.1, 0.15) is 15.9 Å². The molecule has 22 heavy (non-hydrogen) atoms. The van der Waals surface area contributed by atoms with E-state index < -0.39 is 30.7 Å². The number of amides is 1. The maximum Gasteiger partial charge on any atom is 0.408 e. The fourth-order valence-electron chi connectivity index (χ4n) is 1.52. The van der Waals surface area contributed by atoms with Crippen LogP contribution in [0.25, 0.3) is 0 Å². The molecule has 0 radical (unpaired) electrons. The molecule has 0 aliphatic carbocycles. The molecular weight excluding hydrogens is 294 g/mol. The van der Waals surface area contributed by atoms with Crippen molar-refractivity contribution in [2.75, 3.05) is 19.8 Å². The van der Waals surface area contributed by atoms with E-state index in [0.29, 0.717) is 5.56 Å². The average Bonchev–Trinajstić information content (AvgIpc) is 2.49. The van der Waals surface area contributed by atoms with Gasteiger partial charge in [-0.25, -0.2) is 14.4 Å². The number of alkyl carbamates (subject to hydrolysis) is 1. The van der Waals surface area contributed by atoms with E-state index in [2.05, 4.69) is 4.74 Å². The molecule has 8 nitrogen and oxygen atoms in total. The fraction of sp³-hybridized carbons (Fsp3) is 0.357. The first kappa shape index (κ1) is 17.4. The van der Waals surface area contributed by atoms with Gasteiger partial charge >= 0.3 is 18.0 Å². The third-order valence-electron chi connectivity index (χ3n) is 2.69. The molecule has 0 aliphatic heterocycles. The highest BCUT2D eigenvalue weighted by molar-refractivity contribution is 5.90. The molecule has 0 bridgehead atoms. The smallest absolute Gasteiger partial charge is 0.408 e. The Morgan fingerprint density at radius 3 is 2.41 bits per heavy atom. The maximum atomic E-state index is 11.7. The normalized spacial score (nSPS) is 11.4. The molecule has 1 amide bonds. The van der Waals surface area contributed by atoms with Crippen molar-refractivity contribution in [2.45, 2.75) is 13.0 Å². The topological polar surface area (TPSA) is 122 Å². The molecule has 0 heterocycles. The molecule has 1 rings (SSSR count). The van der Waals surface area contributed by atoms with Crippen LogP contribution in [0.2, 0.25) is 0 Å². The lowest BCUT2D eigenvalue weighted by atomic mass is 10.1. The van der Waals surface area contributed by atoms with Crippen molar-refractivity contribution in [2.24, 2.45) is 0 Å². The number of nitrogens with one attached hydrogen (secondary N) is 1. The summed E-state index contributed by atoms with van der Waals surface area (Å²) in [4.78, 5) is 33.5. The van der Waals surface area contributed by atoms with Crippen LogP contribution in [0.3, 0.4) is 0 Å². The molecule has 8 heteroatoms. The van der Waals surface area contributed by atoms with Gasteiger partial charge in [-0.05, 0) is 18.6 Å². The average molecular weight is 311 g/mol. The number of aliphatic carboxylic acids is 1. The van der Waals surface area contributed by atoms with Crippen LogP contribution in [-0.4, -0.2) is 54.1 Å². The van der Waals surface area contributed by atoms with Crippen molar-refractivity contribution < 1.29 is 34.1 Å². The molecule has 1 atom stereocenters. The van der Waals surface area contributed by atoms with E-state index in [0.717, 1.165) is 5.56 Å². The second-order valence-corrected chi connectivity index (χ2v) is 4.30. The Morgan fingerprint density at radius 2 is 1.82 bits per heavy atom. The Hall–Kier alpha value is -2.61. The Bertz CT molecular complexity index is 544. The SMILES string of the molecule is Cc1ccccc1C(=O)OCCOC(=O)N[C@H](CO)C(=O)O. The predicted molar refractivity (Wildman–Crippen MR) is 74.5 cm³/mol. The molecule has 1 aromatic rings. The largest absolute Gasteiger partial charge is 0.480 e. The summed E-state index contributed by atoms with van der Waals surface area (Å²) in [6.45, 7) is 0.604. The first-order chi connectivity index (χ1) is 10.5. The first-order valence-electron chi connectivity index (χ1n) is 6.45. The Labute approximate surface area is 126 Å². The van der Waals surface area contributed by atoms with E-state index in [1.807, 2.05) is 5.32 Å². The zero-order valence-corrected chi connectivity index (χ0v) is 11.9. The van der Waals surface area contributed by atoms with Crippen LogP contribution in [0.5, 0.6) is 0 Å². The minimum absolute atomic E-state index is 0.169. The van der Waals surface area contributed by atoms with Crippen LogP contribution < -0.4 is 5.32 Å². The summed E-state index contributed by atoms with van der Waals surface area (Å²) in [7, 11) is 0. The van der Waals surface area contributed by atoms with E-state index >= 15 is 0 Å². The summed E-state index contributed by atoms with van der Waals surface area (Å²) in [6, 6.07) is 5.43. The van der Waals surface area contributed by atoms with Gasteiger partial charge in [-0.2, -0.15) is 0 Å². The lowest BCUT2D eigenvalue weighted by Gasteiger charge is -2.12. The van der Waals surface area contributed by atoms with E-state index in [4.69, 9.17) is 14.9 Å². The van der Waals surface area contributed by atoms with Gasteiger partial charge in [0.15, 0.2) is 6.04 Å². The molecule has 120 valence electrons. The van der Waals surface area contributed by atoms with Crippen molar-refractivity contribution in [3.05, 3.63) is 35.4 Å². The third kappa shape index (κ3) is 5.41. The molecule has 0 fully saturated rings. The number of aliphatic hydroxyl groups is 1. The minimum atomic E-state index is -1.44. The molecule has 0 spiro atoms. The molecule has 0 aliphatic rings. The fourth-order valence-corrected chi connectivity index (χ4v) is 1.52. The number of hydrogen-bond donors (Lipinski definition) is 3. The monoisotopic (exact) mass is 311 g/mol. The van der Waals surface area contributed by atoms with Crippen molar-refractivity contribution in [3.63, 3.8) is 0 Å². The lowest BCUT2D eigenvalue weighted by molar-refractivity contribution is -0.140. The zero-order valence-electron chi connectivity index (χ0n) is 11.9.